The summed E-state index contributed by atoms with van der Waals surface area (Å²) in [6.07, 6.45) is 26.6. The van der Waals surface area contributed by atoms with Gasteiger partial charge in [0.2, 0.25) is 0 Å². The maximum Gasteiger partial charge on any atom is 0.344 e. The Morgan fingerprint density at radius 1 is 0.683 bits per heavy atom. The van der Waals surface area contributed by atoms with Gasteiger partial charge in [0.05, 0.1) is 5.39 Å². The van der Waals surface area contributed by atoms with E-state index in [9.17, 15) is 4.79 Å². The predicted molar refractivity (Wildman–Crippen MR) is 174 cm³/mol. The second-order valence-electron chi connectivity index (χ2n) is 13.0. The van der Waals surface area contributed by atoms with Gasteiger partial charge < -0.3 is 4.42 Å². The molecule has 1 fully saturated rings. The van der Waals surface area contributed by atoms with Crippen LogP contribution in [0.5, 0.6) is 0 Å². The number of hydrogen-bond donors (Lipinski definition) is 0. The fourth-order valence-electron chi connectivity index (χ4n) is 7.09. The molecule has 0 radical (unpaired) electrons. The molecule has 41 heavy (non-hydrogen) atoms. The van der Waals surface area contributed by atoms with Crippen LogP contribution in [-0.2, 0) is 6.42 Å². The predicted octanol–water partition coefficient (Wildman–Crippen LogP) is 12.2. The lowest BCUT2D eigenvalue weighted by molar-refractivity contribution is 0.302. The van der Waals surface area contributed by atoms with Crippen molar-refractivity contribution < 1.29 is 8.81 Å². The molecule has 2 aromatic carbocycles. The second-order valence-corrected chi connectivity index (χ2v) is 13.0. The molecule has 0 saturated heterocycles. The molecular weight excluding hydrogens is 507 g/mol. The van der Waals surface area contributed by atoms with Crippen molar-refractivity contribution >= 4 is 21.7 Å². The molecular formula is C38H55FO2. The molecule has 0 bridgehead atoms. The minimum Gasteiger partial charge on any atom is -0.419 e. The van der Waals surface area contributed by atoms with Gasteiger partial charge in [-0.05, 0) is 67.6 Å². The van der Waals surface area contributed by atoms with Gasteiger partial charge in [-0.25, -0.2) is 9.18 Å². The number of benzene rings is 2. The summed E-state index contributed by atoms with van der Waals surface area (Å²) in [5, 5.41) is 2.11. The SMILES string of the molecule is CCCCCCCCCCC1CCC(c2ccc3c(c2)c(=O)oc2c(F)c(CCCCCCCCC)ccc23)CC1. The van der Waals surface area contributed by atoms with E-state index in [0.717, 1.165) is 24.1 Å². The summed E-state index contributed by atoms with van der Waals surface area (Å²) in [6, 6.07) is 10.1. The van der Waals surface area contributed by atoms with Crippen molar-refractivity contribution in [1.29, 1.82) is 0 Å². The van der Waals surface area contributed by atoms with Crippen LogP contribution >= 0.6 is 0 Å². The second kappa shape index (κ2) is 17.1. The van der Waals surface area contributed by atoms with E-state index in [2.05, 4.69) is 19.9 Å². The smallest absolute Gasteiger partial charge is 0.344 e. The van der Waals surface area contributed by atoms with Crippen LogP contribution < -0.4 is 5.63 Å². The van der Waals surface area contributed by atoms with Gasteiger partial charge >= 0.3 is 5.63 Å². The lowest BCUT2D eigenvalue weighted by atomic mass is 9.76. The minimum atomic E-state index is -0.412. The summed E-state index contributed by atoms with van der Waals surface area (Å²) in [6.45, 7) is 4.51. The van der Waals surface area contributed by atoms with Gasteiger partial charge in [-0.15, -0.1) is 0 Å². The maximum absolute atomic E-state index is 15.4. The van der Waals surface area contributed by atoms with E-state index in [-0.39, 0.29) is 11.4 Å². The van der Waals surface area contributed by atoms with Crippen LogP contribution in [0.1, 0.15) is 159 Å². The Labute approximate surface area is 248 Å². The highest BCUT2D eigenvalue weighted by molar-refractivity contribution is 6.04. The molecule has 0 atom stereocenters. The zero-order chi connectivity index (χ0) is 28.9. The van der Waals surface area contributed by atoms with E-state index >= 15 is 4.39 Å². The molecule has 1 aliphatic rings. The molecule has 1 aliphatic carbocycles. The third-order valence-electron chi connectivity index (χ3n) is 9.76. The molecule has 0 spiro atoms. The fraction of sp³-hybridized carbons (Fsp3) is 0.658. The molecule has 3 heteroatoms. The summed E-state index contributed by atoms with van der Waals surface area (Å²) in [5.74, 6) is 1.01. The van der Waals surface area contributed by atoms with E-state index in [4.69, 9.17) is 4.42 Å². The Morgan fingerprint density at radius 3 is 1.93 bits per heavy atom. The zero-order valence-electron chi connectivity index (χ0n) is 26.1. The third kappa shape index (κ3) is 9.16. The van der Waals surface area contributed by atoms with Gasteiger partial charge in [-0.3, -0.25) is 0 Å². The lowest BCUT2D eigenvalue weighted by Gasteiger charge is -2.29. The van der Waals surface area contributed by atoms with Crippen LogP contribution in [0.15, 0.2) is 39.5 Å². The molecule has 3 aromatic rings. The highest BCUT2D eigenvalue weighted by Crippen LogP contribution is 2.39. The van der Waals surface area contributed by atoms with Crippen molar-refractivity contribution in [2.24, 2.45) is 5.92 Å². The van der Waals surface area contributed by atoms with E-state index in [0.29, 0.717) is 28.7 Å². The Morgan fingerprint density at radius 2 is 1.27 bits per heavy atom. The van der Waals surface area contributed by atoms with E-state index in [1.54, 1.807) is 0 Å². The molecule has 2 nitrogen and oxygen atoms in total. The van der Waals surface area contributed by atoms with Crippen LogP contribution in [0.4, 0.5) is 4.39 Å². The summed E-state index contributed by atoms with van der Waals surface area (Å²) in [4.78, 5) is 13.0. The average Bonchev–Trinajstić information content (AvgIpc) is 2.99. The molecule has 1 heterocycles. The molecule has 1 saturated carbocycles. The van der Waals surface area contributed by atoms with Crippen LogP contribution in [0, 0.1) is 11.7 Å². The standard InChI is InChI=1S/C38H55FO2/c1-3-5-7-9-11-13-14-16-18-29-20-22-30(23-21-29)32-25-26-33-34-27-24-31(19-17-15-12-10-8-6-4-2)36(39)37(34)41-38(40)35(33)28-32/h24-30H,3-23H2,1-2H3. The van der Waals surface area contributed by atoms with E-state index in [1.807, 2.05) is 24.3 Å². The number of rotatable bonds is 18. The number of halogens is 1. The molecule has 4 rings (SSSR count). The van der Waals surface area contributed by atoms with Crippen molar-refractivity contribution in [1.82, 2.24) is 0 Å². The number of aryl methyl sites for hydroxylation is 1. The monoisotopic (exact) mass is 562 g/mol. The summed E-state index contributed by atoms with van der Waals surface area (Å²) in [5.41, 5.74) is 1.61. The molecule has 0 unspecified atom stereocenters. The quantitative estimate of drug-likeness (QED) is 0.0876. The number of unbranched alkanes of at least 4 members (excludes halogenated alkanes) is 13. The molecule has 0 aliphatic heterocycles. The van der Waals surface area contributed by atoms with Gasteiger partial charge in [0.1, 0.15) is 0 Å². The third-order valence-corrected chi connectivity index (χ3v) is 9.76. The van der Waals surface area contributed by atoms with Gasteiger partial charge in [0, 0.05) is 10.8 Å². The molecule has 1 aromatic heterocycles. The summed E-state index contributed by atoms with van der Waals surface area (Å²) >= 11 is 0. The van der Waals surface area contributed by atoms with E-state index < -0.39 is 5.63 Å². The average molecular weight is 563 g/mol. The van der Waals surface area contributed by atoms with Crippen LogP contribution in [0.3, 0.4) is 0 Å². The first kappa shape index (κ1) is 31.8. The summed E-state index contributed by atoms with van der Waals surface area (Å²) in [7, 11) is 0. The first-order valence-corrected chi connectivity index (χ1v) is 17.3. The van der Waals surface area contributed by atoms with Crippen molar-refractivity contribution in [2.45, 2.75) is 155 Å². The Bertz CT molecular complexity index is 1250. The Balaban J connectivity index is 1.31. The number of hydrogen-bond acceptors (Lipinski definition) is 2. The largest absolute Gasteiger partial charge is 0.419 e. The molecule has 0 N–H and O–H groups in total. The Hall–Kier alpha value is -2.16. The van der Waals surface area contributed by atoms with Gasteiger partial charge in [0.15, 0.2) is 11.4 Å². The van der Waals surface area contributed by atoms with Crippen molar-refractivity contribution in [2.75, 3.05) is 0 Å². The topological polar surface area (TPSA) is 30.2 Å². The molecule has 226 valence electrons. The normalized spacial score (nSPS) is 17.5. The van der Waals surface area contributed by atoms with Crippen LogP contribution in [-0.4, -0.2) is 0 Å². The van der Waals surface area contributed by atoms with E-state index in [1.165, 1.54) is 121 Å². The van der Waals surface area contributed by atoms with Crippen molar-refractivity contribution in [3.8, 4) is 0 Å². The highest BCUT2D eigenvalue weighted by Gasteiger charge is 2.23. The zero-order valence-corrected chi connectivity index (χ0v) is 26.1. The fourth-order valence-corrected chi connectivity index (χ4v) is 7.09. The first-order valence-electron chi connectivity index (χ1n) is 17.3. The number of fused-ring (bicyclic) bond motifs is 3. The van der Waals surface area contributed by atoms with Gasteiger partial charge in [0.25, 0.3) is 0 Å². The Kier molecular flexibility index (Phi) is 13.2. The first-order chi connectivity index (χ1) is 20.1. The molecule has 0 amide bonds. The summed E-state index contributed by atoms with van der Waals surface area (Å²) < 4.78 is 21.1. The van der Waals surface area contributed by atoms with Crippen LogP contribution in [0.25, 0.3) is 21.7 Å². The van der Waals surface area contributed by atoms with Crippen molar-refractivity contribution in [3.63, 3.8) is 0 Å². The maximum atomic E-state index is 15.4. The van der Waals surface area contributed by atoms with Crippen molar-refractivity contribution in [3.05, 3.63) is 57.7 Å². The highest BCUT2D eigenvalue weighted by atomic mass is 19.1. The van der Waals surface area contributed by atoms with Crippen LogP contribution in [0.2, 0.25) is 0 Å². The van der Waals surface area contributed by atoms with Gasteiger partial charge in [-0.2, -0.15) is 0 Å². The minimum absolute atomic E-state index is 0.122. The van der Waals surface area contributed by atoms with Gasteiger partial charge in [-0.1, -0.05) is 134 Å². The lowest BCUT2D eigenvalue weighted by Crippen LogP contribution is -2.14.